The number of hydrogen-bond acceptors (Lipinski definition) is 4. The number of nitrogens with one attached hydrogen (secondary N) is 3. The summed E-state index contributed by atoms with van der Waals surface area (Å²) in [6.45, 7) is 0.534. The van der Waals surface area contributed by atoms with Gasteiger partial charge in [0.25, 0.3) is 5.91 Å². The van der Waals surface area contributed by atoms with E-state index in [0.717, 1.165) is 30.5 Å². The smallest absolute Gasteiger partial charge is 0.269 e. The minimum Gasteiger partial charge on any atom is -0.397 e. The van der Waals surface area contributed by atoms with Gasteiger partial charge in [-0.05, 0) is 55.3 Å². The van der Waals surface area contributed by atoms with Crippen LogP contribution >= 0.6 is 0 Å². The molecule has 0 aliphatic rings. The molecule has 4 rings (SSSR count). The van der Waals surface area contributed by atoms with Gasteiger partial charge in [-0.15, -0.1) is 0 Å². The first-order valence-corrected chi connectivity index (χ1v) is 11.3. The van der Waals surface area contributed by atoms with Crippen molar-refractivity contribution < 1.29 is 9.59 Å². The molecule has 2 heterocycles. The fourth-order valence-electron chi connectivity index (χ4n) is 3.60. The molecule has 0 bridgehead atoms. The third-order valence-corrected chi connectivity index (χ3v) is 5.49. The van der Waals surface area contributed by atoms with E-state index in [1.54, 1.807) is 18.2 Å². The Morgan fingerprint density at radius 3 is 2.47 bits per heavy atom. The Bertz CT molecular complexity index is 1230. The molecule has 4 aromatic rings. The van der Waals surface area contributed by atoms with E-state index in [-0.39, 0.29) is 11.8 Å². The Labute approximate surface area is 198 Å². The molecule has 0 spiro atoms. The molecule has 0 unspecified atom stereocenters. The predicted molar refractivity (Wildman–Crippen MR) is 134 cm³/mol. The van der Waals surface area contributed by atoms with Gasteiger partial charge in [-0.2, -0.15) is 5.10 Å². The number of anilines is 2. The number of unbranched alkanes of at least 4 members (excludes halogenated alkanes) is 2. The van der Waals surface area contributed by atoms with Crippen molar-refractivity contribution in [3.8, 4) is 16.9 Å². The Kier molecular flexibility index (Phi) is 7.39. The highest BCUT2D eigenvalue weighted by molar-refractivity contribution is 5.94. The lowest BCUT2D eigenvalue weighted by Gasteiger charge is -2.08. The third-order valence-electron chi connectivity index (χ3n) is 5.49. The van der Waals surface area contributed by atoms with Gasteiger partial charge in [0.1, 0.15) is 5.69 Å². The molecule has 0 radical (unpaired) electrons. The minimum absolute atomic E-state index is 0.0617. The van der Waals surface area contributed by atoms with Crippen LogP contribution in [0.3, 0.4) is 0 Å². The van der Waals surface area contributed by atoms with Gasteiger partial charge in [-0.3, -0.25) is 14.7 Å². The Balaban J connectivity index is 1.17. The van der Waals surface area contributed by atoms with Crippen molar-refractivity contribution in [3.63, 3.8) is 0 Å². The molecule has 5 N–H and O–H groups in total. The normalized spacial score (nSPS) is 10.7. The van der Waals surface area contributed by atoms with Gasteiger partial charge in [0.2, 0.25) is 5.91 Å². The van der Waals surface area contributed by atoms with Crippen molar-refractivity contribution >= 4 is 23.2 Å². The minimum atomic E-state index is -0.194. The standard InChI is InChI=1S/C26H28N6O2/c27-21-8-3-4-9-22(21)29-25(33)10-2-1-5-15-28-26(34)24-18-23(30-31-24)19-11-13-20(14-12-19)32-16-6-7-17-32/h3-4,6-9,11-14,16-18H,1-2,5,10,15,27H2,(H,28,34)(H,29,33)(H,30,31). The lowest BCUT2D eigenvalue weighted by atomic mass is 10.1. The fraction of sp³-hybridized carbons (Fsp3) is 0.192. The zero-order valence-corrected chi connectivity index (χ0v) is 18.8. The number of hydrogen-bond donors (Lipinski definition) is 4. The lowest BCUT2D eigenvalue weighted by molar-refractivity contribution is -0.116. The van der Waals surface area contributed by atoms with E-state index in [9.17, 15) is 9.59 Å². The Hall–Kier alpha value is -4.33. The number of aromatic nitrogens is 3. The van der Waals surface area contributed by atoms with Gasteiger partial charge in [0, 0.05) is 36.6 Å². The van der Waals surface area contributed by atoms with Gasteiger partial charge >= 0.3 is 0 Å². The molecule has 0 aliphatic carbocycles. The second-order valence-corrected chi connectivity index (χ2v) is 8.01. The quantitative estimate of drug-likeness (QED) is 0.209. The van der Waals surface area contributed by atoms with Crippen LogP contribution in [-0.2, 0) is 4.79 Å². The van der Waals surface area contributed by atoms with Crippen molar-refractivity contribution in [2.45, 2.75) is 25.7 Å². The maximum atomic E-state index is 12.4. The molecule has 0 fully saturated rings. The summed E-state index contributed by atoms with van der Waals surface area (Å²) in [6.07, 6.45) is 6.74. The number of nitrogens with two attached hydrogens (primary N) is 1. The first kappa shape index (κ1) is 22.8. The molecule has 2 aromatic heterocycles. The Morgan fingerprint density at radius 1 is 0.941 bits per heavy atom. The van der Waals surface area contributed by atoms with Gasteiger partial charge in [0.05, 0.1) is 17.1 Å². The topological polar surface area (TPSA) is 118 Å². The number of carbonyl (C=O) groups is 2. The molecule has 2 aromatic carbocycles. The number of benzene rings is 2. The van der Waals surface area contributed by atoms with Gasteiger partial charge in [-0.1, -0.05) is 30.7 Å². The number of amides is 2. The van der Waals surface area contributed by atoms with Crippen LogP contribution in [0.5, 0.6) is 0 Å². The van der Waals surface area contributed by atoms with Crippen molar-refractivity contribution in [2.24, 2.45) is 0 Å². The number of carbonyl (C=O) groups excluding carboxylic acids is 2. The first-order chi connectivity index (χ1) is 16.6. The summed E-state index contributed by atoms with van der Waals surface area (Å²) in [5.41, 5.74) is 10.1. The largest absolute Gasteiger partial charge is 0.397 e. The van der Waals surface area contributed by atoms with E-state index in [1.807, 2.05) is 65.5 Å². The molecule has 2 amide bonds. The van der Waals surface area contributed by atoms with Crippen LogP contribution in [0.15, 0.2) is 79.1 Å². The summed E-state index contributed by atoms with van der Waals surface area (Å²) in [6, 6.07) is 20.9. The second-order valence-electron chi connectivity index (χ2n) is 8.01. The van der Waals surface area contributed by atoms with E-state index in [0.29, 0.717) is 35.7 Å². The zero-order chi connectivity index (χ0) is 23.8. The summed E-state index contributed by atoms with van der Waals surface area (Å²) in [5.74, 6) is -0.256. The van der Waals surface area contributed by atoms with E-state index < -0.39 is 0 Å². The molecule has 0 saturated carbocycles. The van der Waals surface area contributed by atoms with E-state index in [1.165, 1.54) is 0 Å². The molecule has 8 nitrogen and oxygen atoms in total. The van der Waals surface area contributed by atoms with Crippen LogP contribution in [0.25, 0.3) is 16.9 Å². The van der Waals surface area contributed by atoms with E-state index in [2.05, 4.69) is 20.8 Å². The Morgan fingerprint density at radius 2 is 1.71 bits per heavy atom. The third kappa shape index (κ3) is 5.92. The summed E-state index contributed by atoms with van der Waals surface area (Å²) in [4.78, 5) is 24.5. The molecule has 34 heavy (non-hydrogen) atoms. The molecular formula is C26H28N6O2. The number of rotatable bonds is 10. The average Bonchev–Trinajstić information content (AvgIpc) is 3.56. The van der Waals surface area contributed by atoms with Crippen molar-refractivity contribution in [3.05, 3.63) is 84.8 Å². The molecule has 174 valence electrons. The van der Waals surface area contributed by atoms with Gasteiger partial charge in [0.15, 0.2) is 0 Å². The summed E-state index contributed by atoms with van der Waals surface area (Å²) < 4.78 is 2.03. The summed E-state index contributed by atoms with van der Waals surface area (Å²) >= 11 is 0. The first-order valence-electron chi connectivity index (χ1n) is 11.3. The van der Waals surface area contributed by atoms with Crippen LogP contribution in [0.2, 0.25) is 0 Å². The van der Waals surface area contributed by atoms with Crippen molar-refractivity contribution in [1.82, 2.24) is 20.1 Å². The van der Waals surface area contributed by atoms with Crippen molar-refractivity contribution in [1.29, 1.82) is 0 Å². The van der Waals surface area contributed by atoms with Crippen LogP contribution < -0.4 is 16.4 Å². The highest BCUT2D eigenvalue weighted by Gasteiger charge is 2.11. The fourth-order valence-corrected chi connectivity index (χ4v) is 3.60. The molecule has 0 saturated heterocycles. The SMILES string of the molecule is Nc1ccccc1NC(=O)CCCCCNC(=O)c1cc(-c2ccc(-n3cccc3)cc2)n[nH]1. The van der Waals surface area contributed by atoms with Gasteiger partial charge < -0.3 is 20.9 Å². The van der Waals surface area contributed by atoms with Crippen LogP contribution in [-0.4, -0.2) is 33.1 Å². The number of H-pyrrole nitrogens is 1. The average molecular weight is 457 g/mol. The van der Waals surface area contributed by atoms with Crippen molar-refractivity contribution in [2.75, 3.05) is 17.6 Å². The van der Waals surface area contributed by atoms with Crippen LogP contribution in [0.4, 0.5) is 11.4 Å². The molecular weight excluding hydrogens is 428 g/mol. The predicted octanol–water partition coefficient (Wildman–Crippen LogP) is 4.38. The zero-order valence-electron chi connectivity index (χ0n) is 18.8. The van der Waals surface area contributed by atoms with Crippen LogP contribution in [0, 0.1) is 0 Å². The monoisotopic (exact) mass is 456 g/mol. The van der Waals surface area contributed by atoms with E-state index >= 15 is 0 Å². The highest BCUT2D eigenvalue weighted by atomic mass is 16.2. The van der Waals surface area contributed by atoms with Crippen LogP contribution in [0.1, 0.15) is 36.2 Å². The number of aromatic amines is 1. The highest BCUT2D eigenvalue weighted by Crippen LogP contribution is 2.20. The maximum Gasteiger partial charge on any atom is 0.269 e. The van der Waals surface area contributed by atoms with Gasteiger partial charge in [-0.25, -0.2) is 0 Å². The molecule has 8 heteroatoms. The lowest BCUT2D eigenvalue weighted by Crippen LogP contribution is -2.24. The number of nitrogen functional groups attached to an aromatic ring is 1. The summed E-state index contributed by atoms with van der Waals surface area (Å²) in [7, 11) is 0. The number of nitrogens with zero attached hydrogens (tertiary/aromatic N) is 2. The molecule has 0 aliphatic heterocycles. The summed E-state index contributed by atoms with van der Waals surface area (Å²) in [5, 5.41) is 12.8. The van der Waals surface area contributed by atoms with E-state index in [4.69, 9.17) is 5.73 Å². The number of para-hydroxylation sites is 2. The second kappa shape index (κ2) is 11.0. The maximum absolute atomic E-state index is 12.4. The molecule has 0 atom stereocenters.